The van der Waals surface area contributed by atoms with Crippen molar-refractivity contribution < 1.29 is 22.7 Å². The highest BCUT2D eigenvalue weighted by Crippen LogP contribution is 2.27. The molecule has 0 bridgehead atoms. The van der Waals surface area contributed by atoms with Crippen molar-refractivity contribution in [2.75, 3.05) is 32.8 Å². The molecule has 0 radical (unpaired) electrons. The highest BCUT2D eigenvalue weighted by molar-refractivity contribution is 7.89. The van der Waals surface area contributed by atoms with E-state index in [-0.39, 0.29) is 29.4 Å². The molecule has 3 rings (SSSR count). The third-order valence-electron chi connectivity index (χ3n) is 5.37. The maximum atomic E-state index is 13.1. The normalized spacial score (nSPS) is 23.5. The molecule has 1 amide bonds. The minimum atomic E-state index is -3.64. The first-order chi connectivity index (χ1) is 13.4. The van der Waals surface area contributed by atoms with Crippen LogP contribution in [0.15, 0.2) is 23.1 Å². The second kappa shape index (κ2) is 9.24. The van der Waals surface area contributed by atoms with Crippen LogP contribution in [0.3, 0.4) is 0 Å². The van der Waals surface area contributed by atoms with E-state index >= 15 is 0 Å². The Kier molecular flexibility index (Phi) is 6.95. The Hall–Kier alpha value is -1.64. The molecule has 0 unspecified atom stereocenters. The number of piperidine rings is 1. The van der Waals surface area contributed by atoms with Crippen molar-refractivity contribution in [3.05, 3.63) is 23.8 Å². The zero-order chi connectivity index (χ0) is 20.1. The van der Waals surface area contributed by atoms with Gasteiger partial charge in [0.25, 0.3) is 0 Å². The van der Waals surface area contributed by atoms with Gasteiger partial charge in [0.2, 0.25) is 15.9 Å². The van der Waals surface area contributed by atoms with Crippen molar-refractivity contribution in [2.45, 2.75) is 50.5 Å². The van der Waals surface area contributed by atoms with Crippen LogP contribution in [-0.2, 0) is 19.6 Å². The van der Waals surface area contributed by atoms with E-state index in [0.717, 1.165) is 25.0 Å². The first kappa shape index (κ1) is 21.1. The highest BCUT2D eigenvalue weighted by Gasteiger charge is 2.33. The lowest BCUT2D eigenvalue weighted by atomic mass is 9.99. The number of aryl methyl sites for hydroxylation is 1. The van der Waals surface area contributed by atoms with E-state index in [4.69, 9.17) is 9.47 Å². The van der Waals surface area contributed by atoms with Crippen LogP contribution in [0.4, 0.5) is 0 Å². The minimum Gasteiger partial charge on any atom is -0.494 e. The Morgan fingerprint density at radius 1 is 1.32 bits per heavy atom. The Morgan fingerprint density at radius 3 is 2.82 bits per heavy atom. The summed E-state index contributed by atoms with van der Waals surface area (Å²) >= 11 is 0. The molecule has 2 aliphatic heterocycles. The van der Waals surface area contributed by atoms with E-state index in [1.165, 1.54) is 4.31 Å². The Morgan fingerprint density at radius 2 is 2.14 bits per heavy atom. The zero-order valence-electron chi connectivity index (χ0n) is 16.6. The maximum absolute atomic E-state index is 13.1. The number of hydrogen-bond acceptors (Lipinski definition) is 5. The maximum Gasteiger partial charge on any atom is 0.243 e. The molecule has 1 aromatic rings. The summed E-state index contributed by atoms with van der Waals surface area (Å²) < 4.78 is 38.6. The van der Waals surface area contributed by atoms with Crippen molar-refractivity contribution in [2.24, 2.45) is 5.92 Å². The predicted molar refractivity (Wildman–Crippen MR) is 106 cm³/mol. The average molecular weight is 411 g/mol. The lowest BCUT2D eigenvalue weighted by Gasteiger charge is -2.31. The van der Waals surface area contributed by atoms with Crippen molar-refractivity contribution in [1.82, 2.24) is 9.62 Å². The Balaban J connectivity index is 1.65. The average Bonchev–Trinajstić information content (AvgIpc) is 3.21. The fourth-order valence-electron chi connectivity index (χ4n) is 3.79. The predicted octanol–water partition coefficient (Wildman–Crippen LogP) is 2.09. The zero-order valence-corrected chi connectivity index (χ0v) is 17.5. The number of ether oxygens (including phenoxy) is 2. The standard InChI is InChI=1S/C20H30N2O5S/c1-3-26-19-9-8-18(12-15(19)2)28(24,25)22-10-4-6-16(14-22)20(23)21-13-17-7-5-11-27-17/h8-9,12,16-17H,3-7,10-11,13-14H2,1-2H3,(H,21,23)/t16-,17-/m1/s1. The number of rotatable bonds is 7. The second-order valence-corrected chi connectivity index (χ2v) is 9.38. The summed E-state index contributed by atoms with van der Waals surface area (Å²) in [5.74, 6) is 0.276. The number of benzene rings is 1. The summed E-state index contributed by atoms with van der Waals surface area (Å²) in [6.45, 7) is 6.15. The molecule has 7 nitrogen and oxygen atoms in total. The van der Waals surface area contributed by atoms with Crippen LogP contribution in [0, 0.1) is 12.8 Å². The molecule has 0 spiro atoms. The number of carbonyl (C=O) groups is 1. The number of nitrogens with one attached hydrogen (secondary N) is 1. The third-order valence-corrected chi connectivity index (χ3v) is 7.23. The topological polar surface area (TPSA) is 84.9 Å². The van der Waals surface area contributed by atoms with Gasteiger partial charge in [-0.25, -0.2) is 8.42 Å². The minimum absolute atomic E-state index is 0.0826. The smallest absolute Gasteiger partial charge is 0.243 e. The molecule has 2 fully saturated rings. The number of amides is 1. The van der Waals surface area contributed by atoms with Gasteiger partial charge in [-0.2, -0.15) is 4.31 Å². The first-order valence-electron chi connectivity index (χ1n) is 10.0. The molecule has 8 heteroatoms. The largest absolute Gasteiger partial charge is 0.494 e. The molecule has 28 heavy (non-hydrogen) atoms. The molecule has 1 aromatic carbocycles. The van der Waals surface area contributed by atoms with Gasteiger partial charge >= 0.3 is 0 Å². The number of nitrogens with zero attached hydrogens (tertiary/aromatic N) is 1. The molecule has 2 aliphatic rings. The van der Waals surface area contributed by atoms with Gasteiger partial charge in [0, 0.05) is 26.2 Å². The third kappa shape index (κ3) is 4.85. The summed E-state index contributed by atoms with van der Waals surface area (Å²) in [5, 5.41) is 2.93. The fraction of sp³-hybridized carbons (Fsp3) is 0.650. The molecule has 2 heterocycles. The van der Waals surface area contributed by atoms with Gasteiger partial charge < -0.3 is 14.8 Å². The second-order valence-electron chi connectivity index (χ2n) is 7.44. The Labute approximate surface area is 167 Å². The molecule has 1 N–H and O–H groups in total. The van der Waals surface area contributed by atoms with E-state index in [1.54, 1.807) is 18.2 Å². The van der Waals surface area contributed by atoms with Gasteiger partial charge in [-0.3, -0.25) is 4.79 Å². The van der Waals surface area contributed by atoms with Gasteiger partial charge in [0.1, 0.15) is 5.75 Å². The van der Waals surface area contributed by atoms with Crippen LogP contribution < -0.4 is 10.1 Å². The lowest BCUT2D eigenvalue weighted by Crippen LogP contribution is -2.46. The fourth-order valence-corrected chi connectivity index (χ4v) is 5.40. The van der Waals surface area contributed by atoms with Crippen LogP contribution in [0.25, 0.3) is 0 Å². The number of sulfonamides is 1. The van der Waals surface area contributed by atoms with E-state index in [9.17, 15) is 13.2 Å². The lowest BCUT2D eigenvalue weighted by molar-refractivity contribution is -0.126. The first-order valence-corrected chi connectivity index (χ1v) is 11.5. The highest BCUT2D eigenvalue weighted by atomic mass is 32.2. The van der Waals surface area contributed by atoms with Gasteiger partial charge in [-0.15, -0.1) is 0 Å². The van der Waals surface area contributed by atoms with Crippen molar-refractivity contribution in [3.8, 4) is 5.75 Å². The van der Waals surface area contributed by atoms with Crippen LogP contribution in [0.2, 0.25) is 0 Å². The molecule has 0 saturated carbocycles. The van der Waals surface area contributed by atoms with Crippen LogP contribution in [0.5, 0.6) is 5.75 Å². The number of carbonyl (C=O) groups excluding carboxylic acids is 1. The van der Waals surface area contributed by atoms with E-state index in [1.807, 2.05) is 13.8 Å². The van der Waals surface area contributed by atoms with Gasteiger partial charge in [-0.1, -0.05) is 0 Å². The molecule has 2 saturated heterocycles. The monoisotopic (exact) mass is 410 g/mol. The van der Waals surface area contributed by atoms with E-state index < -0.39 is 10.0 Å². The van der Waals surface area contributed by atoms with Crippen molar-refractivity contribution >= 4 is 15.9 Å². The Bertz CT molecular complexity index is 790. The molecular formula is C20H30N2O5S. The van der Waals surface area contributed by atoms with Crippen LogP contribution in [0.1, 0.15) is 38.2 Å². The van der Waals surface area contributed by atoms with Crippen molar-refractivity contribution in [3.63, 3.8) is 0 Å². The quantitative estimate of drug-likeness (QED) is 0.744. The summed E-state index contributed by atoms with van der Waals surface area (Å²) in [6, 6.07) is 4.91. The van der Waals surface area contributed by atoms with E-state index in [2.05, 4.69) is 5.32 Å². The summed E-state index contributed by atoms with van der Waals surface area (Å²) in [7, 11) is -3.64. The number of hydrogen-bond donors (Lipinski definition) is 1. The van der Waals surface area contributed by atoms with Gasteiger partial charge in [0.05, 0.1) is 23.5 Å². The summed E-state index contributed by atoms with van der Waals surface area (Å²) in [5.41, 5.74) is 0.783. The van der Waals surface area contributed by atoms with Crippen LogP contribution in [-0.4, -0.2) is 57.6 Å². The SMILES string of the molecule is CCOc1ccc(S(=O)(=O)N2CCC[C@@H](C(=O)NC[C@H]3CCCO3)C2)cc1C. The molecular weight excluding hydrogens is 380 g/mol. The molecule has 2 atom stereocenters. The molecule has 0 aliphatic carbocycles. The molecule has 156 valence electrons. The van der Waals surface area contributed by atoms with Gasteiger partial charge in [-0.05, 0) is 63.3 Å². The van der Waals surface area contributed by atoms with Crippen molar-refractivity contribution in [1.29, 1.82) is 0 Å². The summed E-state index contributed by atoms with van der Waals surface area (Å²) in [6.07, 6.45) is 3.44. The molecule has 0 aromatic heterocycles. The van der Waals surface area contributed by atoms with Gasteiger partial charge in [0.15, 0.2) is 0 Å². The van der Waals surface area contributed by atoms with E-state index in [0.29, 0.717) is 38.3 Å². The summed E-state index contributed by atoms with van der Waals surface area (Å²) in [4.78, 5) is 12.8. The van der Waals surface area contributed by atoms with Crippen LogP contribution >= 0.6 is 0 Å².